The molecular formula is C27H25N5O. The number of nitrogens with zero attached hydrogens (tertiary/aromatic N) is 4. The van der Waals surface area contributed by atoms with E-state index in [1.165, 1.54) is 0 Å². The number of aryl methyl sites for hydroxylation is 1. The van der Waals surface area contributed by atoms with Crippen molar-refractivity contribution in [1.29, 1.82) is 0 Å². The molecule has 164 valence electrons. The summed E-state index contributed by atoms with van der Waals surface area (Å²) in [5.41, 5.74) is 5.88. The molecule has 0 aliphatic carbocycles. The van der Waals surface area contributed by atoms with Gasteiger partial charge in [0.05, 0.1) is 11.7 Å². The number of benzene rings is 2. The molecule has 0 spiro atoms. The predicted octanol–water partition coefficient (Wildman–Crippen LogP) is 5.07. The minimum absolute atomic E-state index is 0.103. The van der Waals surface area contributed by atoms with E-state index in [1.807, 2.05) is 74.8 Å². The molecule has 3 aromatic heterocycles. The van der Waals surface area contributed by atoms with Gasteiger partial charge in [-0.1, -0.05) is 42.5 Å². The Labute approximate surface area is 192 Å². The van der Waals surface area contributed by atoms with Gasteiger partial charge in [-0.2, -0.15) is 5.10 Å². The highest BCUT2D eigenvalue weighted by molar-refractivity contribution is 5.95. The Kier molecular flexibility index (Phi) is 5.48. The van der Waals surface area contributed by atoms with Crippen molar-refractivity contribution in [3.8, 4) is 16.8 Å². The lowest BCUT2D eigenvalue weighted by Gasteiger charge is -2.15. The monoisotopic (exact) mass is 435 g/mol. The topological polar surface area (TPSA) is 64.7 Å². The highest BCUT2D eigenvalue weighted by atomic mass is 16.2. The standard InChI is InChI=1S/C27H25N5O/c1-19(21-10-12-23(13-11-21)31-16-6-7-17-31)29-25(33)18-32-27-26(20(2)30-32)24(14-15-28-27)22-8-4-3-5-9-22/h3-17,19H,18H2,1-2H3,(H,29,33). The number of carbonyl (C=O) groups is 1. The van der Waals surface area contributed by atoms with E-state index in [9.17, 15) is 4.79 Å². The van der Waals surface area contributed by atoms with Crippen LogP contribution in [-0.4, -0.2) is 25.2 Å². The zero-order valence-corrected chi connectivity index (χ0v) is 18.6. The number of pyridine rings is 1. The summed E-state index contributed by atoms with van der Waals surface area (Å²) in [6, 6.07) is 24.2. The van der Waals surface area contributed by atoms with Crippen LogP contribution in [0.2, 0.25) is 0 Å². The van der Waals surface area contributed by atoms with E-state index < -0.39 is 0 Å². The molecule has 1 amide bonds. The molecule has 3 heterocycles. The number of nitrogens with one attached hydrogen (secondary N) is 1. The third kappa shape index (κ3) is 4.15. The molecule has 0 radical (unpaired) electrons. The van der Waals surface area contributed by atoms with Crippen molar-refractivity contribution < 1.29 is 4.79 Å². The average molecular weight is 436 g/mol. The third-order valence-corrected chi connectivity index (χ3v) is 5.86. The van der Waals surface area contributed by atoms with Gasteiger partial charge in [0.2, 0.25) is 5.91 Å². The van der Waals surface area contributed by atoms with Crippen LogP contribution in [0, 0.1) is 6.92 Å². The number of hydrogen-bond donors (Lipinski definition) is 1. The summed E-state index contributed by atoms with van der Waals surface area (Å²) >= 11 is 0. The second-order valence-electron chi connectivity index (χ2n) is 8.14. The number of carbonyl (C=O) groups excluding carboxylic acids is 1. The Bertz CT molecular complexity index is 1390. The maximum Gasteiger partial charge on any atom is 0.242 e. The van der Waals surface area contributed by atoms with Gasteiger partial charge in [-0.15, -0.1) is 0 Å². The van der Waals surface area contributed by atoms with Crippen molar-refractivity contribution in [1.82, 2.24) is 24.6 Å². The number of hydrogen-bond acceptors (Lipinski definition) is 3. The number of amides is 1. The predicted molar refractivity (Wildman–Crippen MR) is 130 cm³/mol. The van der Waals surface area contributed by atoms with Crippen molar-refractivity contribution in [3.63, 3.8) is 0 Å². The maximum atomic E-state index is 12.9. The molecule has 5 aromatic rings. The Hall–Kier alpha value is -4.19. The highest BCUT2D eigenvalue weighted by Crippen LogP contribution is 2.29. The van der Waals surface area contributed by atoms with Crippen LogP contribution in [0.1, 0.15) is 24.2 Å². The Morgan fingerprint density at radius 2 is 1.70 bits per heavy atom. The van der Waals surface area contributed by atoms with E-state index in [0.717, 1.165) is 33.5 Å². The summed E-state index contributed by atoms with van der Waals surface area (Å²) in [7, 11) is 0. The summed E-state index contributed by atoms with van der Waals surface area (Å²) in [5, 5.41) is 8.69. The maximum absolute atomic E-state index is 12.9. The fourth-order valence-corrected chi connectivity index (χ4v) is 4.20. The van der Waals surface area contributed by atoms with Gasteiger partial charge >= 0.3 is 0 Å². The largest absolute Gasteiger partial charge is 0.348 e. The first-order chi connectivity index (χ1) is 16.1. The summed E-state index contributed by atoms with van der Waals surface area (Å²) in [4.78, 5) is 17.4. The molecule has 6 nitrogen and oxygen atoms in total. The van der Waals surface area contributed by atoms with Crippen LogP contribution < -0.4 is 5.32 Å². The smallest absolute Gasteiger partial charge is 0.242 e. The Morgan fingerprint density at radius 3 is 2.42 bits per heavy atom. The van der Waals surface area contributed by atoms with Crippen molar-refractivity contribution in [2.24, 2.45) is 0 Å². The van der Waals surface area contributed by atoms with Crippen LogP contribution in [-0.2, 0) is 11.3 Å². The lowest BCUT2D eigenvalue weighted by molar-refractivity contribution is -0.122. The molecule has 0 saturated carbocycles. The molecule has 6 heteroatoms. The molecular weight excluding hydrogens is 410 g/mol. The van der Waals surface area contributed by atoms with Crippen LogP contribution in [0.4, 0.5) is 0 Å². The van der Waals surface area contributed by atoms with Gasteiger partial charge in [-0.05, 0) is 60.9 Å². The van der Waals surface area contributed by atoms with Gasteiger partial charge in [-0.3, -0.25) is 4.79 Å². The van der Waals surface area contributed by atoms with Crippen LogP contribution in [0.25, 0.3) is 27.8 Å². The van der Waals surface area contributed by atoms with Crippen molar-refractivity contribution in [2.45, 2.75) is 26.4 Å². The van der Waals surface area contributed by atoms with E-state index in [-0.39, 0.29) is 18.5 Å². The highest BCUT2D eigenvalue weighted by Gasteiger charge is 2.17. The summed E-state index contributed by atoms with van der Waals surface area (Å²) in [6.07, 6.45) is 5.79. The average Bonchev–Trinajstić information content (AvgIpc) is 3.48. The zero-order chi connectivity index (χ0) is 22.8. The summed E-state index contributed by atoms with van der Waals surface area (Å²) in [5.74, 6) is -0.103. The molecule has 1 N–H and O–H groups in total. The molecule has 0 fully saturated rings. The molecule has 33 heavy (non-hydrogen) atoms. The lowest BCUT2D eigenvalue weighted by Crippen LogP contribution is -2.30. The van der Waals surface area contributed by atoms with Gasteiger partial charge in [-0.25, -0.2) is 9.67 Å². The Balaban J connectivity index is 1.33. The molecule has 0 aliphatic heterocycles. The molecule has 1 atom stereocenters. The van der Waals surface area contributed by atoms with Crippen LogP contribution in [0.5, 0.6) is 0 Å². The van der Waals surface area contributed by atoms with Crippen LogP contribution in [0.15, 0.2) is 91.4 Å². The number of rotatable bonds is 6. The fourth-order valence-electron chi connectivity index (χ4n) is 4.20. The van der Waals surface area contributed by atoms with Crippen molar-refractivity contribution >= 4 is 16.9 Å². The normalized spacial score (nSPS) is 12.1. The first-order valence-electron chi connectivity index (χ1n) is 11.0. The lowest BCUT2D eigenvalue weighted by atomic mass is 10.0. The molecule has 0 aliphatic rings. The number of aromatic nitrogens is 4. The van der Waals surface area contributed by atoms with E-state index in [1.54, 1.807) is 10.9 Å². The minimum Gasteiger partial charge on any atom is -0.348 e. The zero-order valence-electron chi connectivity index (χ0n) is 18.6. The third-order valence-electron chi connectivity index (χ3n) is 5.86. The van der Waals surface area contributed by atoms with Crippen LogP contribution >= 0.6 is 0 Å². The molecule has 2 aromatic carbocycles. The summed E-state index contributed by atoms with van der Waals surface area (Å²) < 4.78 is 3.74. The molecule has 1 unspecified atom stereocenters. The molecule has 0 saturated heterocycles. The van der Waals surface area contributed by atoms with E-state index in [0.29, 0.717) is 5.65 Å². The molecule has 5 rings (SSSR count). The first-order valence-corrected chi connectivity index (χ1v) is 11.0. The van der Waals surface area contributed by atoms with Gasteiger partial charge in [0.1, 0.15) is 6.54 Å². The van der Waals surface area contributed by atoms with E-state index >= 15 is 0 Å². The minimum atomic E-state index is -0.119. The first kappa shape index (κ1) is 20.7. The second kappa shape index (κ2) is 8.74. The molecule has 0 bridgehead atoms. The van der Waals surface area contributed by atoms with Gasteiger partial charge in [0, 0.05) is 29.7 Å². The Morgan fingerprint density at radius 1 is 0.970 bits per heavy atom. The van der Waals surface area contributed by atoms with E-state index in [4.69, 9.17) is 0 Å². The quantitative estimate of drug-likeness (QED) is 0.405. The van der Waals surface area contributed by atoms with E-state index in [2.05, 4.69) is 44.2 Å². The van der Waals surface area contributed by atoms with Gasteiger partial charge in [0.25, 0.3) is 0 Å². The fraction of sp³-hybridized carbons (Fsp3) is 0.148. The number of fused-ring (bicyclic) bond motifs is 1. The van der Waals surface area contributed by atoms with Crippen molar-refractivity contribution in [2.75, 3.05) is 0 Å². The van der Waals surface area contributed by atoms with Crippen molar-refractivity contribution in [3.05, 3.63) is 103 Å². The summed E-state index contributed by atoms with van der Waals surface area (Å²) in [6.45, 7) is 4.06. The van der Waals surface area contributed by atoms with Gasteiger partial charge in [0.15, 0.2) is 5.65 Å². The SMILES string of the molecule is Cc1nn(CC(=O)NC(C)c2ccc(-n3cccc3)cc2)c2nccc(-c3ccccc3)c12. The van der Waals surface area contributed by atoms with Gasteiger partial charge < -0.3 is 9.88 Å². The van der Waals surface area contributed by atoms with Crippen LogP contribution in [0.3, 0.4) is 0 Å². The second-order valence-corrected chi connectivity index (χ2v) is 8.14.